The van der Waals surface area contributed by atoms with Crippen LogP contribution in [-0.2, 0) is 13.1 Å². The summed E-state index contributed by atoms with van der Waals surface area (Å²) >= 11 is 1.78. The molecule has 2 aromatic heterocycles. The molecule has 3 rings (SSSR count). The van der Waals surface area contributed by atoms with Crippen molar-refractivity contribution in [3.8, 4) is 0 Å². The summed E-state index contributed by atoms with van der Waals surface area (Å²) in [5.41, 5.74) is 4.05. The van der Waals surface area contributed by atoms with E-state index in [1.165, 1.54) is 29.7 Å². The zero-order valence-corrected chi connectivity index (χ0v) is 12.7. The van der Waals surface area contributed by atoms with Crippen LogP contribution in [0.3, 0.4) is 0 Å². The zero-order chi connectivity index (χ0) is 13.8. The second-order valence-corrected chi connectivity index (χ2v) is 6.06. The minimum atomic E-state index is 0.706. The van der Waals surface area contributed by atoms with Gasteiger partial charge in [0.15, 0.2) is 0 Å². The number of thiophene rings is 1. The minimum Gasteiger partial charge on any atom is -0.364 e. The fraction of sp³-hybridized carbons (Fsp3) is 0.438. The van der Waals surface area contributed by atoms with Gasteiger partial charge in [-0.1, -0.05) is 6.92 Å². The van der Waals surface area contributed by atoms with Crippen LogP contribution in [0.2, 0.25) is 0 Å². The molecule has 0 spiro atoms. The van der Waals surface area contributed by atoms with Crippen LogP contribution in [-0.4, -0.2) is 17.6 Å². The van der Waals surface area contributed by atoms with Crippen molar-refractivity contribution in [2.24, 2.45) is 0 Å². The molecule has 0 radical (unpaired) electrons. The van der Waals surface area contributed by atoms with E-state index < -0.39 is 0 Å². The molecule has 106 valence electrons. The van der Waals surface area contributed by atoms with Crippen LogP contribution in [0.15, 0.2) is 35.3 Å². The molecule has 1 saturated carbocycles. The zero-order valence-electron chi connectivity index (χ0n) is 11.9. The lowest BCUT2D eigenvalue weighted by atomic mass is 10.2. The van der Waals surface area contributed by atoms with Crippen molar-refractivity contribution in [2.45, 2.75) is 38.9 Å². The highest BCUT2D eigenvalue weighted by atomic mass is 32.1. The lowest BCUT2D eigenvalue weighted by molar-refractivity contribution is 0.712. The van der Waals surface area contributed by atoms with Gasteiger partial charge in [0.2, 0.25) is 0 Å². The molecule has 0 aromatic carbocycles. The van der Waals surface area contributed by atoms with Gasteiger partial charge in [-0.15, -0.1) is 0 Å². The summed E-state index contributed by atoms with van der Waals surface area (Å²) in [6.45, 7) is 5.03. The summed E-state index contributed by atoms with van der Waals surface area (Å²) in [5, 5.41) is 7.82. The van der Waals surface area contributed by atoms with E-state index in [2.05, 4.69) is 45.0 Å². The number of hydrogen-bond acceptors (Lipinski definition) is 4. The van der Waals surface area contributed by atoms with Gasteiger partial charge in [0.25, 0.3) is 0 Å². The predicted octanol–water partition coefficient (Wildman–Crippen LogP) is 3.42. The van der Waals surface area contributed by atoms with Gasteiger partial charge in [-0.05, 0) is 47.8 Å². The molecule has 1 fully saturated rings. The van der Waals surface area contributed by atoms with Crippen molar-refractivity contribution in [3.63, 3.8) is 0 Å². The third-order valence-electron chi connectivity index (χ3n) is 3.67. The molecule has 2 aromatic rings. The molecule has 1 aliphatic carbocycles. The summed E-state index contributed by atoms with van der Waals surface area (Å²) in [6.07, 6.45) is 6.54. The minimum absolute atomic E-state index is 0.706. The highest BCUT2D eigenvalue weighted by molar-refractivity contribution is 7.07. The van der Waals surface area contributed by atoms with Crippen LogP contribution in [0, 0.1) is 0 Å². The first-order chi connectivity index (χ1) is 9.88. The number of nitrogens with zero attached hydrogens (tertiary/aromatic N) is 2. The second-order valence-electron chi connectivity index (χ2n) is 5.28. The summed E-state index contributed by atoms with van der Waals surface area (Å²) in [7, 11) is 0. The molecular weight excluding hydrogens is 266 g/mol. The van der Waals surface area contributed by atoms with Crippen molar-refractivity contribution in [3.05, 3.63) is 46.4 Å². The van der Waals surface area contributed by atoms with E-state index in [0.29, 0.717) is 6.04 Å². The lowest BCUT2D eigenvalue weighted by Gasteiger charge is -2.26. The van der Waals surface area contributed by atoms with Crippen molar-refractivity contribution in [1.82, 2.24) is 10.3 Å². The number of nitrogens with one attached hydrogen (secondary N) is 1. The van der Waals surface area contributed by atoms with Crippen molar-refractivity contribution in [2.75, 3.05) is 11.4 Å². The van der Waals surface area contributed by atoms with Gasteiger partial charge in [0, 0.05) is 42.8 Å². The quantitative estimate of drug-likeness (QED) is 0.845. The van der Waals surface area contributed by atoms with Crippen molar-refractivity contribution >= 4 is 17.0 Å². The van der Waals surface area contributed by atoms with E-state index in [-0.39, 0.29) is 0 Å². The average Bonchev–Trinajstić information content (AvgIpc) is 3.20. The summed E-state index contributed by atoms with van der Waals surface area (Å²) in [5.74, 6) is 0. The predicted molar refractivity (Wildman–Crippen MR) is 85.1 cm³/mol. The molecule has 0 atom stereocenters. The molecule has 0 aliphatic heterocycles. The van der Waals surface area contributed by atoms with E-state index in [0.717, 1.165) is 19.6 Å². The normalized spacial score (nSPS) is 14.4. The van der Waals surface area contributed by atoms with Crippen LogP contribution >= 0.6 is 11.3 Å². The van der Waals surface area contributed by atoms with Gasteiger partial charge in [0.05, 0.1) is 0 Å². The van der Waals surface area contributed by atoms with Gasteiger partial charge >= 0.3 is 0 Å². The van der Waals surface area contributed by atoms with Crippen molar-refractivity contribution in [1.29, 1.82) is 0 Å². The monoisotopic (exact) mass is 287 g/mol. The van der Waals surface area contributed by atoms with Crippen molar-refractivity contribution < 1.29 is 0 Å². The standard InChI is InChI=1S/C16H21N3S/c1-2-17-9-14-10-18-7-5-16(14)19(15-3-4-15)11-13-6-8-20-12-13/h5-8,10,12,15,17H,2-4,9,11H2,1H3. The first kappa shape index (κ1) is 13.6. The average molecular weight is 287 g/mol. The van der Waals surface area contributed by atoms with Crippen LogP contribution < -0.4 is 10.2 Å². The van der Waals surface area contributed by atoms with E-state index in [1.807, 2.05) is 12.4 Å². The number of rotatable bonds is 7. The Morgan fingerprint density at radius 1 is 1.40 bits per heavy atom. The molecule has 1 aliphatic rings. The smallest absolute Gasteiger partial charge is 0.0448 e. The van der Waals surface area contributed by atoms with Gasteiger partial charge in [0.1, 0.15) is 0 Å². The molecule has 0 unspecified atom stereocenters. The van der Waals surface area contributed by atoms with Gasteiger partial charge < -0.3 is 10.2 Å². The summed E-state index contributed by atoms with van der Waals surface area (Å²) in [4.78, 5) is 6.84. The fourth-order valence-corrected chi connectivity index (χ4v) is 3.13. The van der Waals surface area contributed by atoms with Crippen LogP contribution in [0.4, 0.5) is 5.69 Å². The molecule has 0 saturated heterocycles. The number of pyridine rings is 1. The Balaban J connectivity index is 1.83. The van der Waals surface area contributed by atoms with Crippen LogP contribution in [0.5, 0.6) is 0 Å². The molecule has 3 nitrogen and oxygen atoms in total. The molecular formula is C16H21N3S. The maximum Gasteiger partial charge on any atom is 0.0448 e. The summed E-state index contributed by atoms with van der Waals surface area (Å²) in [6, 6.07) is 5.10. The van der Waals surface area contributed by atoms with E-state index in [9.17, 15) is 0 Å². The highest BCUT2D eigenvalue weighted by Gasteiger charge is 2.30. The number of hydrogen-bond donors (Lipinski definition) is 1. The van der Waals surface area contributed by atoms with E-state index in [1.54, 1.807) is 11.3 Å². The topological polar surface area (TPSA) is 28.2 Å². The molecule has 2 heterocycles. The van der Waals surface area contributed by atoms with Gasteiger partial charge in [-0.2, -0.15) is 11.3 Å². The third-order valence-corrected chi connectivity index (χ3v) is 4.41. The Morgan fingerprint density at radius 3 is 3.00 bits per heavy atom. The second kappa shape index (κ2) is 6.37. The maximum absolute atomic E-state index is 4.29. The van der Waals surface area contributed by atoms with E-state index in [4.69, 9.17) is 0 Å². The van der Waals surface area contributed by atoms with Crippen LogP contribution in [0.25, 0.3) is 0 Å². The Kier molecular flexibility index (Phi) is 4.33. The van der Waals surface area contributed by atoms with Gasteiger partial charge in [-0.3, -0.25) is 4.98 Å². The SMILES string of the molecule is CCNCc1cnccc1N(Cc1ccsc1)C1CC1. The molecule has 1 N–H and O–H groups in total. The lowest BCUT2D eigenvalue weighted by Crippen LogP contribution is -2.27. The largest absolute Gasteiger partial charge is 0.364 e. The first-order valence-electron chi connectivity index (χ1n) is 7.30. The maximum atomic E-state index is 4.29. The van der Waals surface area contributed by atoms with E-state index >= 15 is 0 Å². The number of anilines is 1. The van der Waals surface area contributed by atoms with Crippen LogP contribution in [0.1, 0.15) is 30.9 Å². The molecule has 20 heavy (non-hydrogen) atoms. The first-order valence-corrected chi connectivity index (χ1v) is 8.24. The summed E-state index contributed by atoms with van der Waals surface area (Å²) < 4.78 is 0. The molecule has 0 bridgehead atoms. The third kappa shape index (κ3) is 3.19. The Labute approximate surface area is 124 Å². The Morgan fingerprint density at radius 2 is 2.30 bits per heavy atom. The highest BCUT2D eigenvalue weighted by Crippen LogP contribution is 2.34. The molecule has 0 amide bonds. The molecule has 4 heteroatoms. The fourth-order valence-electron chi connectivity index (χ4n) is 2.47. The van der Waals surface area contributed by atoms with Gasteiger partial charge in [-0.25, -0.2) is 0 Å². The number of aromatic nitrogens is 1. The Hall–Kier alpha value is -1.39. The Bertz CT molecular complexity index is 534.